The molecule has 3 rings (SSSR count). The van der Waals surface area contributed by atoms with E-state index in [1.54, 1.807) is 17.6 Å². The van der Waals surface area contributed by atoms with Crippen molar-refractivity contribution in [3.05, 3.63) is 40.5 Å². The Balaban J connectivity index is 1.91. The zero-order valence-corrected chi connectivity index (χ0v) is 10.5. The lowest BCUT2D eigenvalue weighted by Gasteiger charge is -2.03. The summed E-state index contributed by atoms with van der Waals surface area (Å²) in [4.78, 5) is 16.1. The van der Waals surface area contributed by atoms with Crippen LogP contribution in [0, 0.1) is 12.3 Å². The van der Waals surface area contributed by atoms with Gasteiger partial charge in [0, 0.05) is 10.8 Å². The molecule has 0 fully saturated rings. The summed E-state index contributed by atoms with van der Waals surface area (Å²) in [6.07, 6.45) is 6.93. The highest BCUT2D eigenvalue weighted by Gasteiger charge is 2.12. The predicted octanol–water partition coefficient (Wildman–Crippen LogP) is 2.25. The number of amides is 1. The first-order valence-corrected chi connectivity index (χ1v) is 6.31. The molecule has 0 aliphatic heterocycles. The maximum atomic E-state index is 12.0. The van der Waals surface area contributed by atoms with Crippen molar-refractivity contribution < 1.29 is 4.79 Å². The summed E-state index contributed by atoms with van der Waals surface area (Å²) in [7, 11) is 0. The number of para-hydroxylation sites is 1. The normalized spacial score (nSPS) is 10.3. The molecule has 1 aromatic carbocycles. The molecule has 92 valence electrons. The van der Waals surface area contributed by atoms with Crippen molar-refractivity contribution >= 4 is 33.8 Å². The topological polar surface area (TPSA) is 70.7 Å². The molecule has 0 saturated carbocycles. The van der Waals surface area contributed by atoms with E-state index in [0.29, 0.717) is 16.4 Å². The number of hydrogen-bond acceptors (Lipinski definition) is 4. The lowest BCUT2D eigenvalue weighted by molar-refractivity contribution is 0.102. The number of anilines is 1. The fraction of sp³-hybridized carbons (Fsp3) is 0. The zero-order valence-electron chi connectivity index (χ0n) is 9.68. The number of thiazole rings is 1. The van der Waals surface area contributed by atoms with E-state index in [4.69, 9.17) is 6.42 Å². The van der Waals surface area contributed by atoms with Crippen LogP contribution in [0.1, 0.15) is 15.5 Å². The van der Waals surface area contributed by atoms with Crippen molar-refractivity contribution in [3.63, 3.8) is 0 Å². The second-order valence-electron chi connectivity index (χ2n) is 3.78. The van der Waals surface area contributed by atoms with E-state index in [0.717, 1.165) is 10.9 Å². The van der Waals surface area contributed by atoms with Crippen molar-refractivity contribution in [2.45, 2.75) is 0 Å². The van der Waals surface area contributed by atoms with Gasteiger partial charge in [0.1, 0.15) is 5.69 Å². The summed E-state index contributed by atoms with van der Waals surface area (Å²) in [5.41, 5.74) is 1.76. The number of H-pyrrole nitrogens is 1. The molecule has 2 heterocycles. The highest BCUT2D eigenvalue weighted by Crippen LogP contribution is 2.21. The molecule has 0 aliphatic rings. The van der Waals surface area contributed by atoms with E-state index in [-0.39, 0.29) is 5.91 Å². The number of hydrogen-bond donors (Lipinski definition) is 2. The van der Waals surface area contributed by atoms with Gasteiger partial charge in [-0.05, 0) is 12.0 Å². The van der Waals surface area contributed by atoms with Gasteiger partial charge < -0.3 is 5.32 Å². The molecule has 19 heavy (non-hydrogen) atoms. The molecule has 0 saturated heterocycles. The molecule has 3 aromatic rings. The van der Waals surface area contributed by atoms with Gasteiger partial charge in [-0.15, -0.1) is 17.8 Å². The molecule has 0 unspecified atom stereocenters. The smallest absolute Gasteiger partial charge is 0.275 e. The number of nitrogens with one attached hydrogen (secondary N) is 2. The number of terminal acetylenes is 1. The van der Waals surface area contributed by atoms with E-state index >= 15 is 0 Å². The predicted molar refractivity (Wildman–Crippen MR) is 74.1 cm³/mol. The van der Waals surface area contributed by atoms with Gasteiger partial charge in [0.2, 0.25) is 0 Å². The molecular weight excluding hydrogens is 260 g/mol. The average molecular weight is 268 g/mol. The van der Waals surface area contributed by atoms with Crippen LogP contribution in [0.4, 0.5) is 5.69 Å². The van der Waals surface area contributed by atoms with Gasteiger partial charge in [-0.1, -0.05) is 12.1 Å². The van der Waals surface area contributed by atoms with Gasteiger partial charge >= 0.3 is 0 Å². The Morgan fingerprint density at radius 3 is 3.16 bits per heavy atom. The van der Waals surface area contributed by atoms with Crippen LogP contribution in [0.5, 0.6) is 0 Å². The Bertz CT molecular complexity index is 796. The third-order valence-corrected chi connectivity index (χ3v) is 3.36. The minimum Gasteiger partial charge on any atom is -0.319 e. The molecule has 2 N–H and O–H groups in total. The van der Waals surface area contributed by atoms with Gasteiger partial charge in [-0.3, -0.25) is 9.89 Å². The van der Waals surface area contributed by atoms with E-state index in [2.05, 4.69) is 26.4 Å². The second-order valence-corrected chi connectivity index (χ2v) is 4.63. The Morgan fingerprint density at radius 2 is 2.37 bits per heavy atom. The summed E-state index contributed by atoms with van der Waals surface area (Å²) in [6.45, 7) is 0. The molecule has 0 bridgehead atoms. The first-order valence-electron chi connectivity index (χ1n) is 5.43. The van der Waals surface area contributed by atoms with Crippen LogP contribution in [-0.2, 0) is 0 Å². The van der Waals surface area contributed by atoms with Gasteiger partial charge in [-0.25, -0.2) is 4.98 Å². The van der Waals surface area contributed by atoms with Crippen LogP contribution >= 0.6 is 11.3 Å². The SMILES string of the molecule is C#Cc1nc(C(=O)Nc2cccc3cn[nH]c23)cs1. The number of nitrogens with zero attached hydrogens (tertiary/aromatic N) is 2. The molecule has 0 atom stereocenters. The van der Waals surface area contributed by atoms with Crippen LogP contribution < -0.4 is 5.32 Å². The van der Waals surface area contributed by atoms with Crippen LogP contribution in [0.3, 0.4) is 0 Å². The van der Waals surface area contributed by atoms with Crippen molar-refractivity contribution in [1.29, 1.82) is 0 Å². The lowest BCUT2D eigenvalue weighted by atomic mass is 10.2. The van der Waals surface area contributed by atoms with Crippen molar-refractivity contribution in [3.8, 4) is 12.3 Å². The fourth-order valence-electron chi connectivity index (χ4n) is 1.70. The monoisotopic (exact) mass is 268 g/mol. The number of carbonyl (C=O) groups excluding carboxylic acids is 1. The molecular formula is C13H8N4OS. The van der Waals surface area contributed by atoms with Crippen LogP contribution in [0.2, 0.25) is 0 Å². The van der Waals surface area contributed by atoms with Crippen LogP contribution in [0.15, 0.2) is 29.8 Å². The quantitative estimate of drug-likeness (QED) is 0.700. The molecule has 0 spiro atoms. The minimum absolute atomic E-state index is 0.292. The molecule has 0 radical (unpaired) electrons. The maximum absolute atomic E-state index is 12.0. The third kappa shape index (κ3) is 2.07. The van der Waals surface area contributed by atoms with E-state index in [1.165, 1.54) is 11.3 Å². The average Bonchev–Trinajstić information content (AvgIpc) is 3.08. The number of aromatic amines is 1. The Hall–Kier alpha value is -2.65. The number of carbonyl (C=O) groups is 1. The van der Waals surface area contributed by atoms with Gasteiger partial charge in [0.25, 0.3) is 5.91 Å². The van der Waals surface area contributed by atoms with Gasteiger partial charge in [0.15, 0.2) is 5.01 Å². The standard InChI is InChI=1S/C13H8N4OS/c1-2-11-15-10(7-19-11)13(18)16-9-5-3-4-8-6-14-17-12(8)9/h1,3-7H,(H,14,17)(H,16,18). The molecule has 1 amide bonds. The summed E-state index contributed by atoms with van der Waals surface area (Å²) in [5, 5.41) is 12.6. The number of aromatic nitrogens is 3. The summed E-state index contributed by atoms with van der Waals surface area (Å²) in [5.74, 6) is 2.11. The Kier molecular flexibility index (Phi) is 2.74. The summed E-state index contributed by atoms with van der Waals surface area (Å²) >= 11 is 1.27. The summed E-state index contributed by atoms with van der Waals surface area (Å²) < 4.78 is 0. The van der Waals surface area contributed by atoms with Crippen molar-refractivity contribution in [1.82, 2.24) is 15.2 Å². The fourth-order valence-corrected chi connectivity index (χ4v) is 2.31. The lowest BCUT2D eigenvalue weighted by Crippen LogP contribution is -2.12. The van der Waals surface area contributed by atoms with E-state index in [9.17, 15) is 4.79 Å². The van der Waals surface area contributed by atoms with Crippen molar-refractivity contribution in [2.75, 3.05) is 5.32 Å². The summed E-state index contributed by atoms with van der Waals surface area (Å²) in [6, 6.07) is 5.56. The number of benzene rings is 1. The van der Waals surface area contributed by atoms with Crippen LogP contribution in [0.25, 0.3) is 10.9 Å². The minimum atomic E-state index is -0.292. The second kappa shape index (κ2) is 4.55. The van der Waals surface area contributed by atoms with Gasteiger partial charge in [0.05, 0.1) is 17.4 Å². The number of fused-ring (bicyclic) bond motifs is 1. The third-order valence-electron chi connectivity index (χ3n) is 2.59. The molecule has 0 aliphatic carbocycles. The Morgan fingerprint density at radius 1 is 1.47 bits per heavy atom. The molecule has 6 heteroatoms. The zero-order chi connectivity index (χ0) is 13.2. The number of rotatable bonds is 2. The van der Waals surface area contributed by atoms with E-state index in [1.807, 2.05) is 12.1 Å². The van der Waals surface area contributed by atoms with Crippen molar-refractivity contribution in [2.24, 2.45) is 0 Å². The highest BCUT2D eigenvalue weighted by molar-refractivity contribution is 7.10. The molecule has 5 nitrogen and oxygen atoms in total. The first kappa shape index (κ1) is 11.4. The van der Waals surface area contributed by atoms with E-state index < -0.39 is 0 Å². The first-order chi connectivity index (χ1) is 9.28. The van der Waals surface area contributed by atoms with Crippen LogP contribution in [-0.4, -0.2) is 21.1 Å². The maximum Gasteiger partial charge on any atom is 0.275 e. The highest BCUT2D eigenvalue weighted by atomic mass is 32.1. The van der Waals surface area contributed by atoms with Gasteiger partial charge in [-0.2, -0.15) is 5.10 Å². The molecule has 2 aromatic heterocycles. The largest absolute Gasteiger partial charge is 0.319 e. The Labute approximate surface area is 112 Å².